The Kier molecular flexibility index (Phi) is 3.64. The average Bonchev–Trinajstić information content (AvgIpc) is 3.13. The zero-order valence-electron chi connectivity index (χ0n) is 17.2. The van der Waals surface area contributed by atoms with E-state index in [9.17, 15) is 9.59 Å². The van der Waals surface area contributed by atoms with Crippen molar-refractivity contribution in [3.63, 3.8) is 0 Å². The Morgan fingerprint density at radius 3 is 2.80 bits per heavy atom. The first-order valence-electron chi connectivity index (χ1n) is 10.7. The minimum Gasteiger partial charge on any atom is -0.460 e. The molecule has 1 aliphatic carbocycles. The molecule has 1 N–H and O–H groups in total. The maximum atomic E-state index is 13.4. The molecule has 4 heterocycles. The number of cyclic esters (lactones) is 1. The first kappa shape index (κ1) is 17.7. The Labute approximate surface area is 173 Å². The number of pyridine rings is 2. The third kappa shape index (κ3) is 2.16. The van der Waals surface area contributed by atoms with Gasteiger partial charge in [-0.3, -0.25) is 9.59 Å². The lowest BCUT2D eigenvalue weighted by Gasteiger charge is -2.24. The van der Waals surface area contributed by atoms with Crippen LogP contribution < -0.4 is 10.9 Å². The monoisotopic (exact) mass is 401 g/mol. The summed E-state index contributed by atoms with van der Waals surface area (Å²) in [4.78, 5) is 30.7. The summed E-state index contributed by atoms with van der Waals surface area (Å²) in [7, 11) is 1.96. The van der Waals surface area contributed by atoms with Gasteiger partial charge < -0.3 is 14.6 Å². The molecule has 2 aromatic heterocycles. The lowest BCUT2D eigenvalue weighted by molar-refractivity contribution is -0.148. The average molecular weight is 401 g/mol. The van der Waals surface area contributed by atoms with Crippen LogP contribution in [0, 0.1) is 0 Å². The molecule has 152 valence electrons. The minimum absolute atomic E-state index is 0.0466. The van der Waals surface area contributed by atoms with Crippen LogP contribution in [0.1, 0.15) is 53.5 Å². The van der Waals surface area contributed by atoms with Crippen LogP contribution in [0.3, 0.4) is 0 Å². The van der Waals surface area contributed by atoms with Crippen LogP contribution >= 0.6 is 0 Å². The zero-order chi connectivity index (χ0) is 20.6. The van der Waals surface area contributed by atoms with Gasteiger partial charge in [0.1, 0.15) is 6.61 Å². The number of carbonyl (C=O) groups is 1. The SMILES string of the molecule is CCC1C(=O)OCc2c1cc1n(c2=O)Cc2c-1nc1ccc(NC)c3c1c2CCC3. The number of carbonyl (C=O) groups excluding carboxylic acids is 1. The van der Waals surface area contributed by atoms with Crippen molar-refractivity contribution >= 4 is 22.6 Å². The van der Waals surface area contributed by atoms with Crippen LogP contribution in [0.5, 0.6) is 0 Å². The molecular weight excluding hydrogens is 378 g/mol. The van der Waals surface area contributed by atoms with Crippen molar-refractivity contribution in [2.24, 2.45) is 0 Å². The van der Waals surface area contributed by atoms with E-state index in [1.54, 1.807) is 0 Å². The van der Waals surface area contributed by atoms with E-state index in [2.05, 4.69) is 17.4 Å². The van der Waals surface area contributed by atoms with Crippen molar-refractivity contribution in [2.45, 2.75) is 51.7 Å². The highest BCUT2D eigenvalue weighted by Crippen LogP contribution is 2.42. The summed E-state index contributed by atoms with van der Waals surface area (Å²) < 4.78 is 7.13. The molecule has 1 aromatic carbocycles. The summed E-state index contributed by atoms with van der Waals surface area (Å²) in [6.45, 7) is 2.57. The second kappa shape index (κ2) is 6.17. The predicted molar refractivity (Wildman–Crippen MR) is 115 cm³/mol. The smallest absolute Gasteiger partial charge is 0.313 e. The topological polar surface area (TPSA) is 73.2 Å². The summed E-state index contributed by atoms with van der Waals surface area (Å²) >= 11 is 0. The fourth-order valence-electron chi connectivity index (χ4n) is 5.57. The summed E-state index contributed by atoms with van der Waals surface area (Å²) in [6, 6.07) is 6.20. The van der Waals surface area contributed by atoms with E-state index >= 15 is 0 Å². The van der Waals surface area contributed by atoms with Gasteiger partial charge in [0.25, 0.3) is 5.56 Å². The number of esters is 1. The molecule has 2 aliphatic heterocycles. The minimum atomic E-state index is -0.375. The lowest BCUT2D eigenvalue weighted by Crippen LogP contribution is -2.32. The van der Waals surface area contributed by atoms with Gasteiger partial charge in [0.2, 0.25) is 0 Å². The van der Waals surface area contributed by atoms with Crippen LogP contribution in [-0.2, 0) is 35.5 Å². The number of ether oxygens (including phenoxy) is 1. The van der Waals surface area contributed by atoms with Crippen molar-refractivity contribution in [3.05, 3.63) is 56.4 Å². The van der Waals surface area contributed by atoms with Gasteiger partial charge in [0, 0.05) is 23.7 Å². The summed E-state index contributed by atoms with van der Waals surface area (Å²) in [5, 5.41) is 4.57. The largest absolute Gasteiger partial charge is 0.460 e. The highest BCUT2D eigenvalue weighted by Gasteiger charge is 2.35. The molecule has 3 aromatic rings. The molecule has 6 nitrogen and oxygen atoms in total. The Bertz CT molecular complexity index is 1320. The lowest BCUT2D eigenvalue weighted by atomic mass is 9.86. The molecule has 1 unspecified atom stereocenters. The molecule has 0 fully saturated rings. The number of hydrogen-bond donors (Lipinski definition) is 1. The molecular formula is C24H23N3O3. The van der Waals surface area contributed by atoms with Crippen LogP contribution in [0.2, 0.25) is 0 Å². The summed E-state index contributed by atoms with van der Waals surface area (Å²) in [6.07, 6.45) is 3.76. The van der Waals surface area contributed by atoms with Gasteiger partial charge in [0.15, 0.2) is 0 Å². The molecule has 6 heteroatoms. The van der Waals surface area contributed by atoms with E-state index in [0.29, 0.717) is 18.5 Å². The van der Waals surface area contributed by atoms with Crippen molar-refractivity contribution in [3.8, 4) is 11.4 Å². The third-order valence-electron chi connectivity index (χ3n) is 7.02. The summed E-state index contributed by atoms with van der Waals surface area (Å²) in [5.41, 5.74) is 9.10. The predicted octanol–water partition coefficient (Wildman–Crippen LogP) is 3.51. The molecule has 1 atom stereocenters. The van der Waals surface area contributed by atoms with Crippen LogP contribution in [0.25, 0.3) is 22.3 Å². The quantitative estimate of drug-likeness (QED) is 0.521. The standard InChI is InChI=1S/C24H23N3O3/c1-3-12-15-9-20-22-16(10-27(20)23(28)17(15)11-30-24(12)29)13-5-4-6-14-18(25-2)7-8-19(26-22)21(13)14/h7-9,12,25H,3-6,10-11H2,1-2H3. The second-order valence-corrected chi connectivity index (χ2v) is 8.43. The fraction of sp³-hybridized carbons (Fsp3) is 0.375. The van der Waals surface area contributed by atoms with Crippen molar-refractivity contribution < 1.29 is 9.53 Å². The molecule has 0 bridgehead atoms. The highest BCUT2D eigenvalue weighted by atomic mass is 16.5. The number of benzene rings is 1. The van der Waals surface area contributed by atoms with Gasteiger partial charge in [-0.05, 0) is 60.6 Å². The number of nitrogens with zero attached hydrogens (tertiary/aromatic N) is 2. The molecule has 0 saturated heterocycles. The molecule has 0 saturated carbocycles. The number of aryl methyl sites for hydroxylation is 2. The first-order valence-corrected chi connectivity index (χ1v) is 10.7. The molecule has 3 aliphatic rings. The number of hydrogen-bond acceptors (Lipinski definition) is 5. The van der Waals surface area contributed by atoms with Crippen LogP contribution in [-0.4, -0.2) is 22.6 Å². The number of aromatic nitrogens is 2. The second-order valence-electron chi connectivity index (χ2n) is 8.43. The van der Waals surface area contributed by atoms with Gasteiger partial charge >= 0.3 is 5.97 Å². The maximum Gasteiger partial charge on any atom is 0.313 e. The Morgan fingerprint density at radius 1 is 1.17 bits per heavy atom. The molecule has 0 radical (unpaired) electrons. The number of anilines is 1. The van der Waals surface area contributed by atoms with Crippen molar-refractivity contribution in [2.75, 3.05) is 12.4 Å². The van der Waals surface area contributed by atoms with Crippen molar-refractivity contribution in [1.29, 1.82) is 0 Å². The molecule has 6 rings (SSSR count). The van der Waals surface area contributed by atoms with Crippen molar-refractivity contribution in [1.82, 2.24) is 9.55 Å². The maximum absolute atomic E-state index is 13.4. The van der Waals surface area contributed by atoms with E-state index in [1.807, 2.05) is 24.6 Å². The fourth-order valence-corrected chi connectivity index (χ4v) is 5.57. The molecule has 0 amide bonds. The van der Waals surface area contributed by atoms with Gasteiger partial charge in [-0.15, -0.1) is 0 Å². The van der Waals surface area contributed by atoms with Gasteiger partial charge in [0.05, 0.1) is 34.9 Å². The zero-order valence-corrected chi connectivity index (χ0v) is 17.2. The Hall–Kier alpha value is -3.15. The third-order valence-corrected chi connectivity index (χ3v) is 7.02. The van der Waals surface area contributed by atoms with Crippen LogP contribution in [0.15, 0.2) is 23.0 Å². The van der Waals surface area contributed by atoms with E-state index in [0.717, 1.165) is 53.0 Å². The Balaban J connectivity index is 1.65. The molecule has 0 spiro atoms. The van der Waals surface area contributed by atoms with E-state index < -0.39 is 0 Å². The number of rotatable bonds is 2. The highest BCUT2D eigenvalue weighted by molar-refractivity contribution is 5.94. The first-order chi connectivity index (χ1) is 14.6. The van der Waals surface area contributed by atoms with E-state index in [1.165, 1.54) is 16.5 Å². The van der Waals surface area contributed by atoms with Gasteiger partial charge in [-0.25, -0.2) is 4.98 Å². The normalized spacial score (nSPS) is 18.6. The summed E-state index contributed by atoms with van der Waals surface area (Å²) in [5.74, 6) is -0.613. The van der Waals surface area contributed by atoms with Gasteiger partial charge in [-0.2, -0.15) is 0 Å². The number of fused-ring (bicyclic) bond motifs is 5. The van der Waals surface area contributed by atoms with E-state index in [4.69, 9.17) is 9.72 Å². The van der Waals surface area contributed by atoms with E-state index in [-0.39, 0.29) is 24.1 Å². The Morgan fingerprint density at radius 2 is 2.00 bits per heavy atom. The molecule has 30 heavy (non-hydrogen) atoms. The number of nitrogens with one attached hydrogen (secondary N) is 1. The van der Waals surface area contributed by atoms with Crippen LogP contribution in [0.4, 0.5) is 5.69 Å². The van der Waals surface area contributed by atoms with Gasteiger partial charge in [-0.1, -0.05) is 6.92 Å².